The summed E-state index contributed by atoms with van der Waals surface area (Å²) in [5.41, 5.74) is 2.33. The SMILES string of the molecule is CC1=CCC2CC1C(c1ccc(=O)[nH]c1)OC2(C)C. The third kappa shape index (κ3) is 2.16. The van der Waals surface area contributed by atoms with Crippen LogP contribution in [0.5, 0.6) is 0 Å². The first kappa shape index (κ1) is 12.7. The van der Waals surface area contributed by atoms with Gasteiger partial charge in [0, 0.05) is 18.2 Å². The number of aromatic nitrogens is 1. The van der Waals surface area contributed by atoms with Crippen LogP contribution in [0.2, 0.25) is 0 Å². The molecule has 1 aromatic heterocycles. The summed E-state index contributed by atoms with van der Waals surface area (Å²) >= 11 is 0. The van der Waals surface area contributed by atoms with E-state index in [-0.39, 0.29) is 17.3 Å². The summed E-state index contributed by atoms with van der Waals surface area (Å²) in [4.78, 5) is 14.0. The molecule has 0 saturated carbocycles. The molecule has 2 bridgehead atoms. The van der Waals surface area contributed by atoms with Crippen LogP contribution in [0.3, 0.4) is 0 Å². The summed E-state index contributed by atoms with van der Waals surface area (Å²) in [7, 11) is 0. The predicted octanol–water partition coefficient (Wildman–Crippen LogP) is 3.20. The Morgan fingerprint density at radius 3 is 2.84 bits per heavy atom. The van der Waals surface area contributed by atoms with Gasteiger partial charge in [-0.3, -0.25) is 4.79 Å². The van der Waals surface area contributed by atoms with Crippen LogP contribution in [-0.4, -0.2) is 10.6 Å². The van der Waals surface area contributed by atoms with Crippen molar-refractivity contribution in [3.8, 4) is 0 Å². The lowest BCUT2D eigenvalue weighted by Gasteiger charge is -2.49. The molecule has 19 heavy (non-hydrogen) atoms. The van der Waals surface area contributed by atoms with E-state index in [1.165, 1.54) is 12.0 Å². The molecule has 102 valence electrons. The fourth-order valence-electron chi connectivity index (χ4n) is 3.40. The summed E-state index contributed by atoms with van der Waals surface area (Å²) < 4.78 is 6.37. The molecule has 3 unspecified atom stereocenters. The van der Waals surface area contributed by atoms with Gasteiger partial charge in [0.25, 0.3) is 0 Å². The predicted molar refractivity (Wildman–Crippen MR) is 74.9 cm³/mol. The van der Waals surface area contributed by atoms with Gasteiger partial charge in [-0.1, -0.05) is 11.6 Å². The Kier molecular flexibility index (Phi) is 2.90. The molecule has 1 aliphatic carbocycles. The number of ether oxygens (including phenoxy) is 1. The molecule has 1 N–H and O–H groups in total. The molecule has 0 aromatic carbocycles. The topological polar surface area (TPSA) is 42.1 Å². The van der Waals surface area contributed by atoms with E-state index >= 15 is 0 Å². The maximum atomic E-state index is 11.2. The van der Waals surface area contributed by atoms with E-state index in [1.807, 2.05) is 6.07 Å². The van der Waals surface area contributed by atoms with Crippen LogP contribution in [0.25, 0.3) is 0 Å². The van der Waals surface area contributed by atoms with Crippen LogP contribution in [0.1, 0.15) is 45.3 Å². The zero-order valence-electron chi connectivity index (χ0n) is 11.8. The molecule has 1 aliphatic heterocycles. The second kappa shape index (κ2) is 4.34. The molecule has 3 rings (SSSR count). The number of hydrogen-bond donors (Lipinski definition) is 1. The normalized spacial score (nSPS) is 32.8. The highest BCUT2D eigenvalue weighted by Crippen LogP contribution is 2.50. The average molecular weight is 259 g/mol. The lowest BCUT2D eigenvalue weighted by molar-refractivity contribution is -0.166. The highest BCUT2D eigenvalue weighted by molar-refractivity contribution is 5.23. The Labute approximate surface area is 113 Å². The Morgan fingerprint density at radius 2 is 2.16 bits per heavy atom. The van der Waals surface area contributed by atoms with Gasteiger partial charge in [-0.05, 0) is 51.2 Å². The third-order valence-electron chi connectivity index (χ3n) is 4.76. The highest BCUT2D eigenvalue weighted by Gasteiger charge is 2.45. The summed E-state index contributed by atoms with van der Waals surface area (Å²) in [6.07, 6.45) is 6.51. The number of pyridine rings is 1. The summed E-state index contributed by atoms with van der Waals surface area (Å²) in [6.45, 7) is 6.56. The monoisotopic (exact) mass is 259 g/mol. The van der Waals surface area contributed by atoms with E-state index in [1.54, 1.807) is 12.3 Å². The summed E-state index contributed by atoms with van der Waals surface area (Å²) in [5.74, 6) is 1.04. The molecular weight excluding hydrogens is 238 g/mol. The van der Waals surface area contributed by atoms with Gasteiger partial charge in [0.15, 0.2) is 0 Å². The van der Waals surface area contributed by atoms with Crippen molar-refractivity contribution in [1.82, 2.24) is 4.98 Å². The van der Waals surface area contributed by atoms with Gasteiger partial charge < -0.3 is 9.72 Å². The third-order valence-corrected chi connectivity index (χ3v) is 4.76. The molecule has 0 radical (unpaired) electrons. The summed E-state index contributed by atoms with van der Waals surface area (Å²) in [5, 5.41) is 0. The van der Waals surface area contributed by atoms with Gasteiger partial charge in [-0.15, -0.1) is 0 Å². The largest absolute Gasteiger partial charge is 0.367 e. The molecule has 3 atom stereocenters. The number of fused-ring (bicyclic) bond motifs is 2. The van der Waals surface area contributed by atoms with Crippen molar-refractivity contribution in [3.05, 3.63) is 45.9 Å². The number of rotatable bonds is 1. The first-order chi connectivity index (χ1) is 8.97. The van der Waals surface area contributed by atoms with E-state index in [0.29, 0.717) is 11.8 Å². The molecule has 0 spiro atoms. The second-order valence-electron chi connectivity index (χ2n) is 6.35. The van der Waals surface area contributed by atoms with Crippen LogP contribution in [0.15, 0.2) is 34.8 Å². The van der Waals surface area contributed by atoms with E-state index in [2.05, 4.69) is 31.8 Å². The van der Waals surface area contributed by atoms with Crippen LogP contribution in [-0.2, 0) is 4.74 Å². The molecule has 1 fully saturated rings. The van der Waals surface area contributed by atoms with Crippen LogP contribution in [0, 0.1) is 11.8 Å². The van der Waals surface area contributed by atoms with Crippen molar-refractivity contribution in [2.75, 3.05) is 0 Å². The minimum Gasteiger partial charge on any atom is -0.367 e. The van der Waals surface area contributed by atoms with Gasteiger partial charge in [0.1, 0.15) is 0 Å². The standard InChI is InChI=1S/C16H21NO2/c1-10-4-6-12-8-13(10)15(19-16(12,2)3)11-5-7-14(18)17-9-11/h4-5,7,9,12-13,15H,6,8H2,1-3H3,(H,17,18). The maximum absolute atomic E-state index is 11.2. The Bertz CT molecular complexity index is 550. The van der Waals surface area contributed by atoms with Crippen molar-refractivity contribution in [2.24, 2.45) is 11.8 Å². The van der Waals surface area contributed by atoms with Gasteiger partial charge in [-0.25, -0.2) is 0 Å². The molecule has 0 amide bonds. The van der Waals surface area contributed by atoms with Gasteiger partial charge in [0.05, 0.1) is 11.7 Å². The lowest BCUT2D eigenvalue weighted by Crippen LogP contribution is -2.45. The quantitative estimate of drug-likeness (QED) is 0.787. The first-order valence-corrected chi connectivity index (χ1v) is 7.00. The number of hydrogen-bond acceptors (Lipinski definition) is 2. The minimum absolute atomic E-state index is 0.0552. The fraction of sp³-hybridized carbons (Fsp3) is 0.562. The smallest absolute Gasteiger partial charge is 0.247 e. The maximum Gasteiger partial charge on any atom is 0.247 e. The zero-order chi connectivity index (χ0) is 13.6. The fourth-order valence-corrected chi connectivity index (χ4v) is 3.40. The Hall–Kier alpha value is -1.35. The van der Waals surface area contributed by atoms with Crippen molar-refractivity contribution in [2.45, 2.75) is 45.3 Å². The molecule has 2 heterocycles. The second-order valence-corrected chi connectivity index (χ2v) is 6.35. The minimum atomic E-state index is -0.103. The van der Waals surface area contributed by atoms with Crippen molar-refractivity contribution in [1.29, 1.82) is 0 Å². The Morgan fingerprint density at radius 1 is 1.37 bits per heavy atom. The van der Waals surface area contributed by atoms with Crippen molar-refractivity contribution < 1.29 is 4.74 Å². The average Bonchev–Trinajstić information content (AvgIpc) is 2.37. The first-order valence-electron chi connectivity index (χ1n) is 7.00. The lowest BCUT2D eigenvalue weighted by atomic mass is 9.69. The van der Waals surface area contributed by atoms with Crippen molar-refractivity contribution in [3.63, 3.8) is 0 Å². The number of H-pyrrole nitrogens is 1. The van der Waals surface area contributed by atoms with E-state index < -0.39 is 0 Å². The molecule has 3 nitrogen and oxygen atoms in total. The molecule has 3 heteroatoms. The number of nitrogens with one attached hydrogen (secondary N) is 1. The van der Waals surface area contributed by atoms with Crippen molar-refractivity contribution >= 4 is 0 Å². The van der Waals surface area contributed by atoms with Gasteiger partial charge in [0.2, 0.25) is 5.56 Å². The highest BCUT2D eigenvalue weighted by atomic mass is 16.5. The summed E-state index contributed by atoms with van der Waals surface area (Å²) in [6, 6.07) is 3.47. The van der Waals surface area contributed by atoms with Crippen LogP contribution < -0.4 is 5.56 Å². The molecule has 1 saturated heterocycles. The van der Waals surface area contributed by atoms with E-state index in [0.717, 1.165) is 12.0 Å². The zero-order valence-corrected chi connectivity index (χ0v) is 11.8. The molecule has 1 aromatic rings. The van der Waals surface area contributed by atoms with Gasteiger partial charge in [-0.2, -0.15) is 0 Å². The van der Waals surface area contributed by atoms with E-state index in [4.69, 9.17) is 4.74 Å². The van der Waals surface area contributed by atoms with Gasteiger partial charge >= 0.3 is 0 Å². The Balaban J connectivity index is 2.00. The molecule has 2 aliphatic rings. The van der Waals surface area contributed by atoms with E-state index in [9.17, 15) is 4.79 Å². The van der Waals surface area contributed by atoms with Crippen LogP contribution >= 0.6 is 0 Å². The number of allylic oxidation sites excluding steroid dienone is 1. The van der Waals surface area contributed by atoms with Crippen LogP contribution in [0.4, 0.5) is 0 Å². The number of aromatic amines is 1. The molecular formula is C16H21NO2.